The lowest BCUT2D eigenvalue weighted by molar-refractivity contribution is -0.898. The summed E-state index contributed by atoms with van der Waals surface area (Å²) in [6, 6.07) is 29.1. The summed E-state index contributed by atoms with van der Waals surface area (Å²) in [5, 5.41) is 0. The van der Waals surface area contributed by atoms with Crippen LogP contribution in [0.15, 0.2) is 91.0 Å². The highest BCUT2D eigenvalue weighted by atomic mass is 16.2. The topological polar surface area (TPSA) is 24.8 Å². The molecule has 1 amide bonds. The van der Waals surface area contributed by atoms with Crippen LogP contribution in [0.25, 0.3) is 17.2 Å². The van der Waals surface area contributed by atoms with Gasteiger partial charge in [-0.25, -0.2) is 0 Å². The maximum atomic E-state index is 12.7. The van der Waals surface area contributed by atoms with Crippen LogP contribution in [0.5, 0.6) is 0 Å². The second kappa shape index (κ2) is 10.0. The van der Waals surface area contributed by atoms with Gasteiger partial charge in [0.25, 0.3) is 0 Å². The van der Waals surface area contributed by atoms with Crippen LogP contribution in [-0.2, 0) is 11.2 Å². The highest BCUT2D eigenvalue weighted by molar-refractivity contribution is 5.79. The summed E-state index contributed by atoms with van der Waals surface area (Å²) in [4.78, 5) is 16.3. The first-order valence-electron chi connectivity index (χ1n) is 10.8. The fourth-order valence-corrected chi connectivity index (χ4v) is 3.93. The number of piperazine rings is 1. The van der Waals surface area contributed by atoms with E-state index in [4.69, 9.17) is 0 Å². The number of hydrogen-bond acceptors (Lipinski definition) is 1. The highest BCUT2D eigenvalue weighted by Gasteiger charge is 2.22. The van der Waals surface area contributed by atoms with Crippen molar-refractivity contribution < 1.29 is 9.69 Å². The number of nitrogens with zero attached hydrogens (tertiary/aromatic N) is 1. The molecule has 3 nitrogen and oxygen atoms in total. The Hall–Kier alpha value is -3.17. The van der Waals surface area contributed by atoms with Gasteiger partial charge in [-0.1, -0.05) is 91.0 Å². The Morgan fingerprint density at radius 2 is 1.40 bits per heavy atom. The predicted octanol–water partition coefficient (Wildman–Crippen LogP) is 3.34. The molecule has 0 unspecified atom stereocenters. The van der Waals surface area contributed by atoms with E-state index >= 15 is 0 Å². The van der Waals surface area contributed by atoms with E-state index in [0.29, 0.717) is 6.42 Å². The Morgan fingerprint density at radius 3 is 2.07 bits per heavy atom. The smallest absolute Gasteiger partial charge is 0.227 e. The summed E-state index contributed by atoms with van der Waals surface area (Å²) < 4.78 is 0. The molecule has 0 saturated carbocycles. The Kier molecular flexibility index (Phi) is 6.73. The van der Waals surface area contributed by atoms with Crippen molar-refractivity contribution >= 4 is 12.0 Å². The minimum Gasteiger partial charge on any atom is -0.331 e. The lowest BCUT2D eigenvalue weighted by Crippen LogP contribution is -3.14. The van der Waals surface area contributed by atoms with Gasteiger partial charge in [0.05, 0.1) is 39.1 Å². The Balaban J connectivity index is 1.24. The number of quaternary nitrogens is 1. The molecule has 1 aliphatic rings. The van der Waals surface area contributed by atoms with E-state index < -0.39 is 0 Å². The standard InChI is InChI=1S/C27H28N2O/c30-27(22-24-13-15-26(16-14-24)25-11-5-2-6-12-25)29-20-18-28(19-21-29)17-7-10-23-8-3-1-4-9-23/h1-16H,17-22H2/p+1/b10-7+. The van der Waals surface area contributed by atoms with E-state index in [0.717, 1.165) is 38.3 Å². The monoisotopic (exact) mass is 397 g/mol. The van der Waals surface area contributed by atoms with E-state index in [1.165, 1.54) is 16.7 Å². The molecule has 0 atom stereocenters. The summed E-state index contributed by atoms with van der Waals surface area (Å²) in [7, 11) is 0. The average Bonchev–Trinajstić information content (AvgIpc) is 2.81. The third-order valence-corrected chi connectivity index (χ3v) is 5.76. The Bertz CT molecular complexity index is 957. The Labute approximate surface area is 179 Å². The molecule has 1 saturated heterocycles. The van der Waals surface area contributed by atoms with Crippen LogP contribution >= 0.6 is 0 Å². The van der Waals surface area contributed by atoms with Gasteiger partial charge in [-0.2, -0.15) is 0 Å². The van der Waals surface area contributed by atoms with Gasteiger partial charge in [0.2, 0.25) is 5.91 Å². The third-order valence-electron chi connectivity index (χ3n) is 5.76. The van der Waals surface area contributed by atoms with Crippen molar-refractivity contribution in [1.82, 2.24) is 4.90 Å². The molecule has 1 aliphatic heterocycles. The van der Waals surface area contributed by atoms with Crippen molar-refractivity contribution in [2.75, 3.05) is 32.7 Å². The van der Waals surface area contributed by atoms with Crippen LogP contribution in [0.4, 0.5) is 0 Å². The lowest BCUT2D eigenvalue weighted by atomic mass is 10.0. The molecule has 0 radical (unpaired) electrons. The molecule has 0 bridgehead atoms. The number of carbonyl (C=O) groups excluding carboxylic acids is 1. The average molecular weight is 398 g/mol. The molecule has 1 heterocycles. The first kappa shape index (κ1) is 20.1. The van der Waals surface area contributed by atoms with Crippen LogP contribution in [0.1, 0.15) is 11.1 Å². The van der Waals surface area contributed by atoms with E-state index in [2.05, 4.69) is 72.8 Å². The van der Waals surface area contributed by atoms with Gasteiger partial charge >= 0.3 is 0 Å². The molecular formula is C27H29N2O+. The van der Waals surface area contributed by atoms with Crippen molar-refractivity contribution in [2.45, 2.75) is 6.42 Å². The van der Waals surface area contributed by atoms with Crippen molar-refractivity contribution in [3.05, 3.63) is 102 Å². The maximum Gasteiger partial charge on any atom is 0.227 e. The summed E-state index contributed by atoms with van der Waals surface area (Å²) in [6.07, 6.45) is 4.92. The second-order valence-corrected chi connectivity index (χ2v) is 7.89. The highest BCUT2D eigenvalue weighted by Crippen LogP contribution is 2.19. The SMILES string of the molecule is O=C(Cc1ccc(-c2ccccc2)cc1)N1CC[NH+](C/C=C/c2ccccc2)CC1. The van der Waals surface area contributed by atoms with E-state index in [9.17, 15) is 4.79 Å². The molecule has 0 aliphatic carbocycles. The molecule has 0 aromatic heterocycles. The summed E-state index contributed by atoms with van der Waals surface area (Å²) >= 11 is 0. The summed E-state index contributed by atoms with van der Waals surface area (Å²) in [6.45, 7) is 4.72. The van der Waals surface area contributed by atoms with Gasteiger partial charge in [-0.3, -0.25) is 4.79 Å². The number of hydrogen-bond donors (Lipinski definition) is 1. The van der Waals surface area contributed by atoms with E-state index in [1.807, 2.05) is 29.2 Å². The normalized spacial score (nSPS) is 14.9. The molecule has 3 heteroatoms. The van der Waals surface area contributed by atoms with Gasteiger partial charge in [-0.15, -0.1) is 0 Å². The van der Waals surface area contributed by atoms with Gasteiger partial charge in [0.1, 0.15) is 0 Å². The molecular weight excluding hydrogens is 368 g/mol. The molecule has 0 spiro atoms. The van der Waals surface area contributed by atoms with Gasteiger partial charge in [0, 0.05) is 0 Å². The summed E-state index contributed by atoms with van der Waals surface area (Å²) in [5.74, 6) is 0.237. The van der Waals surface area contributed by atoms with Crippen LogP contribution in [0, 0.1) is 0 Å². The number of rotatable bonds is 6. The first-order chi connectivity index (χ1) is 14.8. The molecule has 152 valence electrons. The predicted molar refractivity (Wildman–Crippen MR) is 123 cm³/mol. The van der Waals surface area contributed by atoms with Crippen molar-refractivity contribution in [1.29, 1.82) is 0 Å². The van der Waals surface area contributed by atoms with Crippen LogP contribution < -0.4 is 4.90 Å². The van der Waals surface area contributed by atoms with Crippen LogP contribution in [0.3, 0.4) is 0 Å². The largest absolute Gasteiger partial charge is 0.331 e. The first-order valence-corrected chi connectivity index (χ1v) is 10.8. The summed E-state index contributed by atoms with van der Waals surface area (Å²) in [5.41, 5.74) is 4.72. The number of nitrogens with one attached hydrogen (secondary N) is 1. The molecule has 1 N–H and O–H groups in total. The quantitative estimate of drug-likeness (QED) is 0.678. The van der Waals surface area contributed by atoms with E-state index in [1.54, 1.807) is 4.90 Å². The second-order valence-electron chi connectivity index (χ2n) is 7.89. The van der Waals surface area contributed by atoms with Gasteiger partial charge in [-0.05, 0) is 28.3 Å². The fraction of sp³-hybridized carbons (Fsp3) is 0.222. The minimum absolute atomic E-state index is 0.237. The Morgan fingerprint density at radius 1 is 0.800 bits per heavy atom. The number of amides is 1. The lowest BCUT2D eigenvalue weighted by Gasteiger charge is -2.31. The fourth-order valence-electron chi connectivity index (χ4n) is 3.93. The van der Waals surface area contributed by atoms with Gasteiger partial charge in [0.15, 0.2) is 0 Å². The molecule has 1 fully saturated rings. The zero-order chi connectivity index (χ0) is 20.6. The van der Waals surface area contributed by atoms with Crippen LogP contribution in [0.2, 0.25) is 0 Å². The van der Waals surface area contributed by atoms with Crippen molar-refractivity contribution in [3.8, 4) is 11.1 Å². The van der Waals surface area contributed by atoms with Gasteiger partial charge < -0.3 is 9.80 Å². The minimum atomic E-state index is 0.237. The zero-order valence-corrected chi connectivity index (χ0v) is 17.3. The zero-order valence-electron chi connectivity index (χ0n) is 17.3. The maximum absolute atomic E-state index is 12.7. The third kappa shape index (κ3) is 5.46. The van der Waals surface area contributed by atoms with Crippen molar-refractivity contribution in [3.63, 3.8) is 0 Å². The molecule has 3 aromatic rings. The van der Waals surface area contributed by atoms with Crippen LogP contribution in [-0.4, -0.2) is 43.5 Å². The number of carbonyl (C=O) groups is 1. The molecule has 4 rings (SSSR count). The van der Waals surface area contributed by atoms with E-state index in [-0.39, 0.29) is 5.91 Å². The molecule has 3 aromatic carbocycles. The molecule has 30 heavy (non-hydrogen) atoms. The van der Waals surface area contributed by atoms with Crippen molar-refractivity contribution in [2.24, 2.45) is 0 Å². The number of benzene rings is 3.